The number of benzene rings is 2. The molecule has 0 fully saturated rings. The number of para-hydroxylation sites is 2. The Morgan fingerprint density at radius 1 is 0.762 bits per heavy atom. The van der Waals surface area contributed by atoms with Crippen molar-refractivity contribution in [1.82, 2.24) is 9.97 Å². The monoisotopic (exact) mass is 276 g/mol. The number of nitrogens with one attached hydrogen (secondary N) is 2. The molecule has 2 nitrogen and oxygen atoms in total. The molecule has 0 unspecified atom stereocenters. The van der Waals surface area contributed by atoms with Crippen LogP contribution in [-0.4, -0.2) is 9.97 Å². The van der Waals surface area contributed by atoms with E-state index in [2.05, 4.69) is 72.5 Å². The molecule has 4 aromatic rings. The Balaban J connectivity index is 0.000000131. The maximum absolute atomic E-state index is 3.27. The number of aromatic amines is 2. The zero-order chi connectivity index (χ0) is 14.7. The first-order valence-corrected chi connectivity index (χ1v) is 7.34. The van der Waals surface area contributed by atoms with Crippen molar-refractivity contribution in [2.24, 2.45) is 0 Å². The lowest BCUT2D eigenvalue weighted by molar-refractivity contribution is 0.875. The summed E-state index contributed by atoms with van der Waals surface area (Å²) in [6.07, 6.45) is 4.06. The molecular formula is C19H20N2. The van der Waals surface area contributed by atoms with Gasteiger partial charge in [-0.1, -0.05) is 50.2 Å². The van der Waals surface area contributed by atoms with Gasteiger partial charge < -0.3 is 9.97 Å². The second kappa shape index (κ2) is 5.88. The molecule has 0 saturated carbocycles. The first-order valence-electron chi connectivity index (χ1n) is 7.34. The molecule has 0 aliphatic carbocycles. The summed E-state index contributed by atoms with van der Waals surface area (Å²) in [5.74, 6) is 0.598. The van der Waals surface area contributed by atoms with Crippen molar-refractivity contribution >= 4 is 21.8 Å². The second-order valence-corrected chi connectivity index (χ2v) is 5.51. The summed E-state index contributed by atoms with van der Waals surface area (Å²) in [5.41, 5.74) is 3.85. The summed E-state index contributed by atoms with van der Waals surface area (Å²) in [7, 11) is 0. The maximum Gasteiger partial charge on any atom is 0.0456 e. The highest BCUT2D eigenvalue weighted by atomic mass is 14.7. The van der Waals surface area contributed by atoms with E-state index in [9.17, 15) is 0 Å². The molecule has 0 bridgehead atoms. The van der Waals surface area contributed by atoms with Crippen LogP contribution in [-0.2, 0) is 0 Å². The Morgan fingerprint density at radius 3 is 2.24 bits per heavy atom. The van der Waals surface area contributed by atoms with E-state index in [1.165, 1.54) is 27.4 Å². The summed E-state index contributed by atoms with van der Waals surface area (Å²) in [6, 6.07) is 18.7. The van der Waals surface area contributed by atoms with Crippen LogP contribution in [0.4, 0.5) is 0 Å². The number of H-pyrrole nitrogens is 2. The van der Waals surface area contributed by atoms with E-state index < -0.39 is 0 Å². The van der Waals surface area contributed by atoms with E-state index in [4.69, 9.17) is 0 Å². The number of rotatable bonds is 1. The highest BCUT2D eigenvalue weighted by Crippen LogP contribution is 2.24. The van der Waals surface area contributed by atoms with Gasteiger partial charge in [0, 0.05) is 28.8 Å². The van der Waals surface area contributed by atoms with E-state index >= 15 is 0 Å². The van der Waals surface area contributed by atoms with Gasteiger partial charge in [0.2, 0.25) is 0 Å². The number of fused-ring (bicyclic) bond motifs is 2. The Labute approximate surface area is 124 Å². The third-order valence-corrected chi connectivity index (χ3v) is 3.71. The number of hydrogen-bond acceptors (Lipinski definition) is 0. The summed E-state index contributed by atoms with van der Waals surface area (Å²) < 4.78 is 0. The van der Waals surface area contributed by atoms with Crippen LogP contribution in [0.15, 0.2) is 67.0 Å². The molecule has 21 heavy (non-hydrogen) atoms. The van der Waals surface area contributed by atoms with Gasteiger partial charge in [-0.3, -0.25) is 0 Å². The third kappa shape index (κ3) is 2.84. The zero-order valence-electron chi connectivity index (χ0n) is 12.4. The molecule has 0 atom stereocenters. The minimum absolute atomic E-state index is 0.598. The molecule has 2 heteroatoms. The van der Waals surface area contributed by atoms with E-state index in [0.717, 1.165) is 0 Å². The SMILES string of the molecule is CC(C)c1c[nH]c2ccccc12.c1ccc2[nH]ccc2c1. The Bertz CT molecular complexity index is 806. The molecule has 2 N–H and O–H groups in total. The van der Waals surface area contributed by atoms with Crippen molar-refractivity contribution in [3.8, 4) is 0 Å². The van der Waals surface area contributed by atoms with Crippen molar-refractivity contribution in [2.45, 2.75) is 19.8 Å². The minimum Gasteiger partial charge on any atom is -0.361 e. The van der Waals surface area contributed by atoms with Crippen LogP contribution in [0.25, 0.3) is 21.8 Å². The summed E-state index contributed by atoms with van der Waals surface area (Å²) >= 11 is 0. The van der Waals surface area contributed by atoms with E-state index in [-0.39, 0.29) is 0 Å². The zero-order valence-corrected chi connectivity index (χ0v) is 12.4. The van der Waals surface area contributed by atoms with Crippen LogP contribution in [0.1, 0.15) is 25.3 Å². The number of aromatic nitrogens is 2. The quantitative estimate of drug-likeness (QED) is 0.462. The highest BCUT2D eigenvalue weighted by Gasteiger charge is 2.04. The van der Waals surface area contributed by atoms with Gasteiger partial charge in [-0.2, -0.15) is 0 Å². The highest BCUT2D eigenvalue weighted by molar-refractivity contribution is 5.83. The minimum atomic E-state index is 0.598. The first-order chi connectivity index (χ1) is 10.3. The van der Waals surface area contributed by atoms with Gasteiger partial charge in [0.1, 0.15) is 0 Å². The van der Waals surface area contributed by atoms with Gasteiger partial charge in [-0.25, -0.2) is 0 Å². The maximum atomic E-state index is 3.27. The van der Waals surface area contributed by atoms with Crippen molar-refractivity contribution in [3.63, 3.8) is 0 Å². The molecule has 4 rings (SSSR count). The molecule has 0 radical (unpaired) electrons. The summed E-state index contributed by atoms with van der Waals surface area (Å²) in [5, 5.41) is 2.63. The predicted octanol–water partition coefficient (Wildman–Crippen LogP) is 5.46. The lowest BCUT2D eigenvalue weighted by Gasteiger charge is -2.00. The van der Waals surface area contributed by atoms with E-state index in [0.29, 0.717) is 5.92 Å². The molecule has 0 saturated heterocycles. The van der Waals surface area contributed by atoms with Crippen LogP contribution in [0, 0.1) is 0 Å². The molecular weight excluding hydrogens is 256 g/mol. The summed E-state index contributed by atoms with van der Waals surface area (Å²) in [4.78, 5) is 6.39. The van der Waals surface area contributed by atoms with Crippen LogP contribution in [0.5, 0.6) is 0 Å². The van der Waals surface area contributed by atoms with Crippen LogP contribution >= 0.6 is 0 Å². The molecule has 0 amide bonds. The van der Waals surface area contributed by atoms with Crippen molar-refractivity contribution in [1.29, 1.82) is 0 Å². The van der Waals surface area contributed by atoms with Gasteiger partial charge in [0.25, 0.3) is 0 Å². The normalized spacial score (nSPS) is 10.8. The Kier molecular flexibility index (Phi) is 3.78. The largest absolute Gasteiger partial charge is 0.361 e. The van der Waals surface area contributed by atoms with Crippen molar-refractivity contribution < 1.29 is 0 Å². The first kappa shape index (κ1) is 13.5. The van der Waals surface area contributed by atoms with Crippen molar-refractivity contribution in [3.05, 3.63) is 72.6 Å². The molecule has 2 heterocycles. The molecule has 0 spiro atoms. The lowest BCUT2D eigenvalue weighted by atomic mass is 10.0. The van der Waals surface area contributed by atoms with Crippen LogP contribution in [0.3, 0.4) is 0 Å². The average Bonchev–Trinajstić information content (AvgIpc) is 3.14. The molecule has 2 aromatic carbocycles. The van der Waals surface area contributed by atoms with E-state index in [1.54, 1.807) is 0 Å². The number of hydrogen-bond donors (Lipinski definition) is 2. The topological polar surface area (TPSA) is 31.6 Å². The van der Waals surface area contributed by atoms with Gasteiger partial charge in [0.15, 0.2) is 0 Å². The lowest BCUT2D eigenvalue weighted by Crippen LogP contribution is -1.82. The Morgan fingerprint density at radius 2 is 1.48 bits per heavy atom. The average molecular weight is 276 g/mol. The fourth-order valence-corrected chi connectivity index (χ4v) is 2.57. The van der Waals surface area contributed by atoms with Gasteiger partial charge in [-0.05, 0) is 35.1 Å². The molecule has 2 aromatic heterocycles. The van der Waals surface area contributed by atoms with Gasteiger partial charge >= 0.3 is 0 Å². The Hall–Kier alpha value is -2.48. The summed E-state index contributed by atoms with van der Waals surface area (Å²) in [6.45, 7) is 4.44. The smallest absolute Gasteiger partial charge is 0.0456 e. The fraction of sp³-hybridized carbons (Fsp3) is 0.158. The molecule has 106 valence electrons. The predicted molar refractivity (Wildman–Crippen MR) is 90.7 cm³/mol. The molecule has 0 aliphatic rings. The second-order valence-electron chi connectivity index (χ2n) is 5.51. The molecule has 0 aliphatic heterocycles. The fourth-order valence-electron chi connectivity index (χ4n) is 2.57. The van der Waals surface area contributed by atoms with Crippen LogP contribution < -0.4 is 0 Å². The standard InChI is InChI=1S/C11H13N.C8H7N/c1-8(2)10-7-12-11-6-4-3-5-9(10)11;1-2-4-8-7(3-1)5-6-9-8/h3-8,12H,1-2H3;1-6,9H. The third-order valence-electron chi connectivity index (χ3n) is 3.71. The van der Waals surface area contributed by atoms with Gasteiger partial charge in [0.05, 0.1) is 0 Å². The van der Waals surface area contributed by atoms with Crippen LogP contribution in [0.2, 0.25) is 0 Å². The van der Waals surface area contributed by atoms with Crippen molar-refractivity contribution in [2.75, 3.05) is 0 Å². The van der Waals surface area contributed by atoms with E-state index in [1.807, 2.05) is 18.3 Å². The van der Waals surface area contributed by atoms with Gasteiger partial charge in [-0.15, -0.1) is 0 Å².